The van der Waals surface area contributed by atoms with Crippen molar-refractivity contribution in [1.29, 1.82) is 0 Å². The van der Waals surface area contributed by atoms with Crippen LogP contribution in [0.5, 0.6) is 0 Å². The minimum Gasteiger partial charge on any atom is -0.370 e. The van der Waals surface area contributed by atoms with E-state index < -0.39 is 15.8 Å². The molecule has 6 nitrogen and oxygen atoms in total. The highest BCUT2D eigenvalue weighted by molar-refractivity contribution is 7.89. The molecule has 31 heavy (non-hydrogen) atoms. The van der Waals surface area contributed by atoms with E-state index in [4.69, 9.17) is 0 Å². The molecule has 1 saturated heterocycles. The Morgan fingerprint density at radius 2 is 1.84 bits per heavy atom. The second-order valence-corrected chi connectivity index (χ2v) is 9.78. The molecule has 0 radical (unpaired) electrons. The number of rotatable bonds is 8. The van der Waals surface area contributed by atoms with Gasteiger partial charge in [0.25, 0.3) is 0 Å². The number of hydrogen-bond acceptors (Lipinski definition) is 4. The number of sulfonamides is 1. The van der Waals surface area contributed by atoms with Crippen LogP contribution in [0.4, 0.5) is 10.1 Å². The predicted molar refractivity (Wildman–Crippen MR) is 120 cm³/mol. The summed E-state index contributed by atoms with van der Waals surface area (Å²) in [7, 11) is -3.67. The summed E-state index contributed by atoms with van der Waals surface area (Å²) < 4.78 is 39.9. The lowest BCUT2D eigenvalue weighted by Crippen LogP contribution is -2.44. The highest BCUT2D eigenvalue weighted by Crippen LogP contribution is 2.24. The lowest BCUT2D eigenvalue weighted by molar-refractivity contribution is -0.126. The second-order valence-electron chi connectivity index (χ2n) is 7.84. The third-order valence-corrected chi connectivity index (χ3v) is 7.62. The molecule has 0 bridgehead atoms. The summed E-state index contributed by atoms with van der Waals surface area (Å²) in [5, 5.41) is 3.00. The fraction of sp³-hybridized carbons (Fsp3) is 0.435. The number of carbonyl (C=O) groups excluding carboxylic acids is 1. The average molecular weight is 448 g/mol. The molecule has 0 saturated carbocycles. The zero-order valence-corrected chi connectivity index (χ0v) is 18.9. The van der Waals surface area contributed by atoms with Crippen LogP contribution in [0, 0.1) is 18.7 Å². The summed E-state index contributed by atoms with van der Waals surface area (Å²) in [4.78, 5) is 14.9. The molecular formula is C23H30FN3O3S. The normalized spacial score (nSPS) is 15.6. The summed E-state index contributed by atoms with van der Waals surface area (Å²) in [6.45, 7) is 6.80. The van der Waals surface area contributed by atoms with Crippen molar-refractivity contribution < 1.29 is 17.6 Å². The van der Waals surface area contributed by atoms with E-state index in [1.165, 1.54) is 22.0 Å². The van der Waals surface area contributed by atoms with Crippen molar-refractivity contribution in [3.05, 3.63) is 59.9 Å². The van der Waals surface area contributed by atoms with E-state index in [0.29, 0.717) is 25.9 Å². The molecule has 1 fully saturated rings. The van der Waals surface area contributed by atoms with Crippen molar-refractivity contribution >= 4 is 21.6 Å². The van der Waals surface area contributed by atoms with Crippen LogP contribution >= 0.6 is 0 Å². The molecular weight excluding hydrogens is 417 g/mol. The van der Waals surface area contributed by atoms with Crippen molar-refractivity contribution in [1.82, 2.24) is 9.62 Å². The number of carbonyl (C=O) groups is 1. The highest BCUT2D eigenvalue weighted by Gasteiger charge is 2.32. The Hall–Kier alpha value is -2.45. The zero-order valence-electron chi connectivity index (χ0n) is 18.1. The smallest absolute Gasteiger partial charge is 0.243 e. The summed E-state index contributed by atoms with van der Waals surface area (Å²) >= 11 is 0. The van der Waals surface area contributed by atoms with Gasteiger partial charge < -0.3 is 10.2 Å². The van der Waals surface area contributed by atoms with E-state index in [1.807, 2.05) is 6.07 Å². The molecule has 0 unspecified atom stereocenters. The largest absolute Gasteiger partial charge is 0.370 e. The maximum atomic E-state index is 13.1. The van der Waals surface area contributed by atoms with Crippen LogP contribution < -0.4 is 10.2 Å². The number of nitrogens with one attached hydrogen (secondary N) is 1. The molecule has 1 N–H and O–H groups in total. The van der Waals surface area contributed by atoms with Gasteiger partial charge in [-0.05, 0) is 68.7 Å². The minimum atomic E-state index is -3.67. The summed E-state index contributed by atoms with van der Waals surface area (Å²) in [5.74, 6) is -0.703. The van der Waals surface area contributed by atoms with Gasteiger partial charge in [-0.25, -0.2) is 12.8 Å². The fourth-order valence-corrected chi connectivity index (χ4v) is 5.34. The molecule has 168 valence electrons. The molecule has 3 rings (SSSR count). The number of likely N-dealkylation sites (N-methyl/N-ethyl adjacent to an activating group) is 1. The second kappa shape index (κ2) is 10.2. The number of piperidine rings is 1. The van der Waals surface area contributed by atoms with Crippen LogP contribution in [-0.2, 0) is 14.8 Å². The molecule has 0 atom stereocenters. The van der Waals surface area contributed by atoms with Crippen molar-refractivity contribution in [2.75, 3.05) is 37.6 Å². The van der Waals surface area contributed by atoms with Gasteiger partial charge in [0.2, 0.25) is 15.9 Å². The minimum absolute atomic E-state index is 0.0286. The van der Waals surface area contributed by atoms with Gasteiger partial charge in [-0.2, -0.15) is 4.31 Å². The van der Waals surface area contributed by atoms with Gasteiger partial charge in [-0.3, -0.25) is 4.79 Å². The van der Waals surface area contributed by atoms with Crippen molar-refractivity contribution in [3.8, 4) is 0 Å². The third-order valence-electron chi connectivity index (χ3n) is 5.71. The van der Waals surface area contributed by atoms with Gasteiger partial charge in [0.05, 0.1) is 4.90 Å². The number of halogens is 1. The van der Waals surface area contributed by atoms with Crippen LogP contribution in [0.1, 0.15) is 25.3 Å². The molecule has 1 heterocycles. The molecule has 1 aliphatic heterocycles. The Kier molecular flexibility index (Phi) is 7.67. The SMILES string of the molecule is CCN(CCNC(=O)C1CCN(S(=O)(=O)c2ccc(F)cc2)CC1)c1cccc(C)c1. The van der Waals surface area contributed by atoms with Crippen molar-refractivity contribution in [3.63, 3.8) is 0 Å². The van der Waals surface area contributed by atoms with Crippen molar-refractivity contribution in [2.24, 2.45) is 5.92 Å². The van der Waals surface area contributed by atoms with E-state index in [0.717, 1.165) is 24.4 Å². The summed E-state index contributed by atoms with van der Waals surface area (Å²) in [6.07, 6.45) is 0.948. The van der Waals surface area contributed by atoms with E-state index in [1.54, 1.807) is 0 Å². The van der Waals surface area contributed by atoms with Crippen LogP contribution in [0.15, 0.2) is 53.4 Å². The number of benzene rings is 2. The Bertz CT molecular complexity index is 987. The first-order valence-corrected chi connectivity index (χ1v) is 12.1. The highest BCUT2D eigenvalue weighted by atomic mass is 32.2. The Morgan fingerprint density at radius 3 is 2.45 bits per heavy atom. The lowest BCUT2D eigenvalue weighted by atomic mass is 9.97. The van der Waals surface area contributed by atoms with E-state index >= 15 is 0 Å². The summed E-state index contributed by atoms with van der Waals surface area (Å²) in [5.41, 5.74) is 2.33. The van der Waals surface area contributed by atoms with Crippen LogP contribution in [0.2, 0.25) is 0 Å². The monoisotopic (exact) mass is 447 g/mol. The maximum absolute atomic E-state index is 13.1. The Balaban J connectivity index is 1.48. The first kappa shape index (κ1) is 23.2. The van der Waals surface area contributed by atoms with Gasteiger partial charge in [-0.1, -0.05) is 12.1 Å². The van der Waals surface area contributed by atoms with Gasteiger partial charge in [0.15, 0.2) is 0 Å². The Labute approximate surface area is 184 Å². The van der Waals surface area contributed by atoms with Crippen LogP contribution in [0.25, 0.3) is 0 Å². The number of nitrogens with zero attached hydrogens (tertiary/aromatic N) is 2. The third kappa shape index (κ3) is 5.83. The first-order chi connectivity index (χ1) is 14.8. The number of hydrogen-bond donors (Lipinski definition) is 1. The molecule has 1 aliphatic rings. The van der Waals surface area contributed by atoms with E-state index in [2.05, 4.69) is 42.3 Å². The molecule has 2 aromatic carbocycles. The number of amides is 1. The quantitative estimate of drug-likeness (QED) is 0.675. The number of aryl methyl sites for hydroxylation is 1. The molecule has 0 aliphatic carbocycles. The Morgan fingerprint density at radius 1 is 1.16 bits per heavy atom. The predicted octanol–water partition coefficient (Wildman–Crippen LogP) is 3.18. The van der Waals surface area contributed by atoms with Gasteiger partial charge >= 0.3 is 0 Å². The summed E-state index contributed by atoms with van der Waals surface area (Å²) in [6, 6.07) is 13.1. The van der Waals surface area contributed by atoms with Gasteiger partial charge in [0.1, 0.15) is 5.82 Å². The molecule has 0 aromatic heterocycles. The first-order valence-electron chi connectivity index (χ1n) is 10.7. The zero-order chi connectivity index (χ0) is 22.4. The van der Waals surface area contributed by atoms with E-state index in [-0.39, 0.29) is 29.8 Å². The maximum Gasteiger partial charge on any atom is 0.243 e. The lowest BCUT2D eigenvalue weighted by Gasteiger charge is -2.31. The standard InChI is InChI=1S/C23H30FN3O3S/c1-3-26(21-6-4-5-18(2)17-21)16-13-25-23(28)19-11-14-27(15-12-19)31(29,30)22-9-7-20(24)8-10-22/h4-10,17,19H,3,11-16H2,1-2H3,(H,25,28). The van der Waals surface area contributed by atoms with Crippen molar-refractivity contribution in [2.45, 2.75) is 31.6 Å². The van der Waals surface area contributed by atoms with Crippen LogP contribution in [-0.4, -0.2) is 51.4 Å². The molecule has 8 heteroatoms. The van der Waals surface area contributed by atoms with Crippen LogP contribution in [0.3, 0.4) is 0 Å². The van der Waals surface area contributed by atoms with Gasteiger partial charge in [0, 0.05) is 44.3 Å². The number of anilines is 1. The molecule has 0 spiro atoms. The molecule has 2 aromatic rings. The average Bonchev–Trinajstić information content (AvgIpc) is 2.77. The molecule has 1 amide bonds. The fourth-order valence-electron chi connectivity index (χ4n) is 3.87. The van der Waals surface area contributed by atoms with Gasteiger partial charge in [-0.15, -0.1) is 0 Å². The van der Waals surface area contributed by atoms with E-state index in [9.17, 15) is 17.6 Å². The topological polar surface area (TPSA) is 69.7 Å².